The molecule has 0 spiro atoms. The number of aliphatic hydroxyl groups excluding tert-OH is 1. The van der Waals surface area contributed by atoms with Gasteiger partial charge in [0, 0.05) is 39.7 Å². The van der Waals surface area contributed by atoms with E-state index in [1.54, 1.807) is 26.0 Å². The van der Waals surface area contributed by atoms with Crippen LogP contribution in [0.5, 0.6) is 0 Å². The molecule has 0 aromatic rings. The van der Waals surface area contributed by atoms with Gasteiger partial charge in [0.05, 0.1) is 12.7 Å². The first-order chi connectivity index (χ1) is 7.31. The van der Waals surface area contributed by atoms with Crippen molar-refractivity contribution in [3.05, 3.63) is 0 Å². The van der Waals surface area contributed by atoms with Crippen molar-refractivity contribution in [1.29, 1.82) is 0 Å². The Hall–Kier alpha value is 0.190. The van der Waals surface area contributed by atoms with Crippen molar-refractivity contribution in [2.75, 3.05) is 52.0 Å². The van der Waals surface area contributed by atoms with E-state index in [9.17, 15) is 5.11 Å². The van der Waals surface area contributed by atoms with Gasteiger partial charge < -0.3 is 19.9 Å². The lowest BCUT2D eigenvalue weighted by molar-refractivity contribution is 0.175. The quantitative estimate of drug-likeness (QED) is 0.508. The van der Waals surface area contributed by atoms with Crippen LogP contribution in [0.4, 0.5) is 0 Å². The molecule has 0 aliphatic carbocycles. The molecule has 2 N–H and O–H groups in total. The average molecular weight is 237 g/mol. The van der Waals surface area contributed by atoms with Gasteiger partial charge in [0.15, 0.2) is 0 Å². The van der Waals surface area contributed by atoms with Crippen LogP contribution in [0, 0.1) is 0 Å². The third-order valence-electron chi connectivity index (χ3n) is 1.81. The molecule has 0 fully saturated rings. The second kappa shape index (κ2) is 12.3. The summed E-state index contributed by atoms with van der Waals surface area (Å²) >= 11 is 1.76. The lowest BCUT2D eigenvalue weighted by atomic mass is 10.4. The molecule has 92 valence electrons. The van der Waals surface area contributed by atoms with Gasteiger partial charge >= 0.3 is 0 Å². The van der Waals surface area contributed by atoms with Crippen molar-refractivity contribution in [3.63, 3.8) is 0 Å². The fourth-order valence-corrected chi connectivity index (χ4v) is 1.91. The van der Waals surface area contributed by atoms with Crippen molar-refractivity contribution in [2.45, 2.75) is 12.5 Å². The third-order valence-corrected chi connectivity index (χ3v) is 3.01. The first-order valence-electron chi connectivity index (χ1n) is 5.25. The normalized spacial score (nSPS) is 13.0. The fourth-order valence-electron chi connectivity index (χ4n) is 1.03. The Morgan fingerprint density at radius 2 is 2.00 bits per heavy atom. The molecule has 0 bridgehead atoms. The molecule has 0 rings (SSSR count). The van der Waals surface area contributed by atoms with Crippen molar-refractivity contribution < 1.29 is 14.6 Å². The minimum Gasteiger partial charge on any atom is -0.391 e. The van der Waals surface area contributed by atoms with Crippen LogP contribution in [0.1, 0.15) is 6.42 Å². The zero-order chi connectivity index (χ0) is 11.4. The number of rotatable bonds is 11. The largest absolute Gasteiger partial charge is 0.391 e. The summed E-state index contributed by atoms with van der Waals surface area (Å²) in [6.45, 7) is 2.92. The first-order valence-corrected chi connectivity index (χ1v) is 6.41. The zero-order valence-corrected chi connectivity index (χ0v) is 10.5. The fraction of sp³-hybridized carbons (Fsp3) is 1.00. The molecule has 0 aliphatic heterocycles. The Bertz CT molecular complexity index is 127. The molecule has 4 nitrogen and oxygen atoms in total. The van der Waals surface area contributed by atoms with E-state index in [-0.39, 0.29) is 6.10 Å². The predicted molar refractivity (Wildman–Crippen MR) is 64.6 cm³/mol. The SMILES string of the molecule is COCCCSCC(O)CNCCOC. The van der Waals surface area contributed by atoms with Gasteiger partial charge in [-0.15, -0.1) is 0 Å². The van der Waals surface area contributed by atoms with Crippen molar-refractivity contribution in [2.24, 2.45) is 0 Å². The number of methoxy groups -OCH3 is 2. The molecule has 0 saturated heterocycles. The van der Waals surface area contributed by atoms with Gasteiger partial charge in [0.1, 0.15) is 0 Å². The Labute approximate surface area is 96.7 Å². The van der Waals surface area contributed by atoms with Crippen LogP contribution in [0.25, 0.3) is 0 Å². The van der Waals surface area contributed by atoms with E-state index in [0.717, 1.165) is 31.1 Å². The molecule has 5 heteroatoms. The molecule has 0 aromatic carbocycles. The van der Waals surface area contributed by atoms with Crippen LogP contribution in [-0.4, -0.2) is 63.2 Å². The van der Waals surface area contributed by atoms with Gasteiger partial charge in [-0.05, 0) is 12.2 Å². The summed E-state index contributed by atoms with van der Waals surface area (Å²) in [4.78, 5) is 0. The maximum atomic E-state index is 9.55. The number of nitrogens with one attached hydrogen (secondary N) is 1. The maximum absolute atomic E-state index is 9.55. The number of aliphatic hydroxyl groups is 1. The van der Waals surface area contributed by atoms with E-state index in [4.69, 9.17) is 9.47 Å². The summed E-state index contributed by atoms with van der Waals surface area (Å²) in [5.41, 5.74) is 0. The summed E-state index contributed by atoms with van der Waals surface area (Å²) in [7, 11) is 3.38. The highest BCUT2D eigenvalue weighted by molar-refractivity contribution is 7.99. The first kappa shape index (κ1) is 15.2. The van der Waals surface area contributed by atoms with E-state index in [1.165, 1.54) is 0 Å². The maximum Gasteiger partial charge on any atom is 0.0754 e. The Balaban J connectivity index is 3.08. The van der Waals surface area contributed by atoms with E-state index >= 15 is 0 Å². The lowest BCUT2D eigenvalue weighted by Gasteiger charge is -2.11. The number of hydrogen-bond acceptors (Lipinski definition) is 5. The molecular weight excluding hydrogens is 214 g/mol. The van der Waals surface area contributed by atoms with E-state index in [0.29, 0.717) is 13.2 Å². The van der Waals surface area contributed by atoms with Gasteiger partial charge in [0.25, 0.3) is 0 Å². The molecule has 0 heterocycles. The second-order valence-electron chi connectivity index (χ2n) is 3.27. The van der Waals surface area contributed by atoms with E-state index in [2.05, 4.69) is 5.32 Å². The van der Waals surface area contributed by atoms with Gasteiger partial charge in [-0.25, -0.2) is 0 Å². The highest BCUT2D eigenvalue weighted by Crippen LogP contribution is 2.04. The van der Waals surface area contributed by atoms with E-state index < -0.39 is 0 Å². The number of thioether (sulfide) groups is 1. The van der Waals surface area contributed by atoms with Crippen molar-refractivity contribution >= 4 is 11.8 Å². The van der Waals surface area contributed by atoms with Crippen LogP contribution >= 0.6 is 11.8 Å². The minimum absolute atomic E-state index is 0.269. The topological polar surface area (TPSA) is 50.7 Å². The summed E-state index contributed by atoms with van der Waals surface area (Å²) in [6, 6.07) is 0. The second-order valence-corrected chi connectivity index (χ2v) is 4.42. The van der Waals surface area contributed by atoms with Gasteiger partial charge in [-0.3, -0.25) is 0 Å². The number of ether oxygens (including phenoxy) is 2. The summed E-state index contributed by atoms with van der Waals surface area (Å²) < 4.78 is 9.82. The monoisotopic (exact) mass is 237 g/mol. The van der Waals surface area contributed by atoms with Crippen molar-refractivity contribution in [3.8, 4) is 0 Å². The van der Waals surface area contributed by atoms with Gasteiger partial charge in [-0.1, -0.05) is 0 Å². The van der Waals surface area contributed by atoms with Crippen molar-refractivity contribution in [1.82, 2.24) is 5.32 Å². The smallest absolute Gasteiger partial charge is 0.0754 e. The third kappa shape index (κ3) is 12.1. The van der Waals surface area contributed by atoms with E-state index in [1.807, 2.05) is 0 Å². The highest BCUT2D eigenvalue weighted by atomic mass is 32.2. The number of hydrogen-bond donors (Lipinski definition) is 2. The van der Waals surface area contributed by atoms with Crippen LogP contribution < -0.4 is 5.32 Å². The Morgan fingerprint density at radius 3 is 2.67 bits per heavy atom. The summed E-state index contributed by atoms with van der Waals surface area (Å²) in [6.07, 6.45) is 0.778. The van der Waals surface area contributed by atoms with Crippen LogP contribution in [0.3, 0.4) is 0 Å². The molecule has 0 aliphatic rings. The van der Waals surface area contributed by atoms with Gasteiger partial charge in [-0.2, -0.15) is 11.8 Å². The molecule has 0 saturated carbocycles. The molecule has 0 amide bonds. The van der Waals surface area contributed by atoms with Crippen LogP contribution in [0.15, 0.2) is 0 Å². The molecule has 0 aromatic heterocycles. The Kier molecular flexibility index (Phi) is 12.4. The molecule has 0 radical (unpaired) electrons. The zero-order valence-electron chi connectivity index (χ0n) is 9.70. The molecular formula is C10H23NO3S. The summed E-state index contributed by atoms with van der Waals surface area (Å²) in [5, 5.41) is 12.7. The summed E-state index contributed by atoms with van der Waals surface area (Å²) in [5.74, 6) is 1.83. The lowest BCUT2D eigenvalue weighted by Crippen LogP contribution is -2.30. The predicted octanol–water partition coefficient (Wildman–Crippen LogP) is 0.353. The standard InChI is InChI=1S/C10H23NO3S/c1-13-5-3-7-15-9-10(12)8-11-4-6-14-2/h10-12H,3-9H2,1-2H3. The van der Waals surface area contributed by atoms with Crippen LogP contribution in [-0.2, 0) is 9.47 Å². The highest BCUT2D eigenvalue weighted by Gasteiger charge is 2.02. The Morgan fingerprint density at radius 1 is 1.27 bits per heavy atom. The molecule has 1 atom stereocenters. The average Bonchev–Trinajstić information content (AvgIpc) is 2.24. The van der Waals surface area contributed by atoms with Gasteiger partial charge in [0.2, 0.25) is 0 Å². The minimum atomic E-state index is -0.269. The van der Waals surface area contributed by atoms with Crippen LogP contribution in [0.2, 0.25) is 0 Å². The molecule has 1 unspecified atom stereocenters. The molecule has 15 heavy (non-hydrogen) atoms.